The highest BCUT2D eigenvalue weighted by Gasteiger charge is 2.44. The van der Waals surface area contributed by atoms with Crippen LogP contribution < -0.4 is 19.7 Å². The van der Waals surface area contributed by atoms with Crippen molar-refractivity contribution in [3.05, 3.63) is 121 Å². The summed E-state index contributed by atoms with van der Waals surface area (Å²) in [7, 11) is 2.08. The van der Waals surface area contributed by atoms with Crippen molar-refractivity contribution in [2.24, 2.45) is 7.05 Å². The second-order valence-electron chi connectivity index (χ2n) is 15.4. The lowest BCUT2D eigenvalue weighted by molar-refractivity contribution is -0.125. The van der Waals surface area contributed by atoms with Gasteiger partial charge in [0.05, 0.1) is 28.9 Å². The van der Waals surface area contributed by atoms with Gasteiger partial charge in [-0.1, -0.05) is 24.6 Å². The number of piperidine rings is 1. The third-order valence-corrected chi connectivity index (χ3v) is 11.6. The fourth-order valence-corrected chi connectivity index (χ4v) is 8.23. The van der Waals surface area contributed by atoms with Crippen LogP contribution in [0.5, 0.6) is 11.6 Å². The number of carbonyl (C=O) groups excluding carboxylic acids is 3. The van der Waals surface area contributed by atoms with E-state index < -0.39 is 17.9 Å². The number of amides is 3. The van der Waals surface area contributed by atoms with Crippen molar-refractivity contribution in [1.82, 2.24) is 29.7 Å². The lowest BCUT2D eigenvalue weighted by Crippen LogP contribution is -2.52. The van der Waals surface area contributed by atoms with Gasteiger partial charge in [0.2, 0.25) is 11.8 Å². The van der Waals surface area contributed by atoms with Crippen LogP contribution in [0.3, 0.4) is 0 Å². The minimum Gasteiger partial charge on any atom is -0.489 e. The molecule has 10 rings (SSSR count). The summed E-state index contributed by atoms with van der Waals surface area (Å²) in [6.07, 6.45) is 9.74. The molecule has 294 valence electrons. The number of nitrogens with one attached hydrogen (secondary N) is 1. The Morgan fingerprint density at radius 1 is 0.814 bits per heavy atom. The predicted molar refractivity (Wildman–Crippen MR) is 220 cm³/mol. The number of rotatable bonds is 9. The van der Waals surface area contributed by atoms with E-state index in [-0.39, 0.29) is 30.8 Å². The molecule has 3 aliphatic heterocycles. The summed E-state index contributed by atoms with van der Waals surface area (Å²) in [5.41, 5.74) is 7.10. The smallest absolute Gasteiger partial charge is 0.262 e. The molecule has 0 radical (unpaired) electrons. The van der Waals surface area contributed by atoms with Crippen molar-refractivity contribution >= 4 is 45.2 Å². The maximum atomic E-state index is 13.2. The molecule has 2 aromatic carbocycles. The Hall–Kier alpha value is -7.04. The van der Waals surface area contributed by atoms with Crippen molar-refractivity contribution in [1.29, 1.82) is 0 Å². The summed E-state index contributed by atoms with van der Waals surface area (Å²) in [4.78, 5) is 55.3. The van der Waals surface area contributed by atoms with E-state index in [4.69, 9.17) is 14.2 Å². The van der Waals surface area contributed by atoms with Gasteiger partial charge < -0.3 is 29.0 Å². The number of carbonyl (C=O) groups is 3. The Bertz CT molecular complexity index is 2740. The van der Waals surface area contributed by atoms with Gasteiger partial charge in [0.15, 0.2) is 0 Å². The minimum atomic E-state index is -0.833. The predicted octanol–water partition coefficient (Wildman–Crippen LogP) is 5.82. The molecular weight excluding hydrogens is 747 g/mol. The molecule has 6 aromatic rings. The fraction of sp³-hybridized carbons (Fsp3) is 0.261. The molecule has 1 N–H and O–H groups in total. The van der Waals surface area contributed by atoms with Gasteiger partial charge in [-0.3, -0.25) is 24.3 Å². The van der Waals surface area contributed by atoms with E-state index >= 15 is 0 Å². The molecule has 4 aromatic heterocycles. The van der Waals surface area contributed by atoms with Crippen LogP contribution in [0.15, 0.2) is 104 Å². The highest BCUT2D eigenvalue weighted by atomic mass is 16.5. The molecule has 4 aliphatic rings. The highest BCUT2D eigenvalue weighted by molar-refractivity contribution is 6.23. The van der Waals surface area contributed by atoms with Crippen molar-refractivity contribution in [2.75, 3.05) is 24.6 Å². The first-order chi connectivity index (χ1) is 28.8. The summed E-state index contributed by atoms with van der Waals surface area (Å²) >= 11 is 0. The number of aromatic nitrogens is 4. The Kier molecular flexibility index (Phi) is 9.06. The first-order valence-corrected chi connectivity index (χ1v) is 19.7. The Labute approximate surface area is 339 Å². The van der Waals surface area contributed by atoms with Crippen LogP contribution in [-0.4, -0.2) is 86.2 Å². The zero-order chi connectivity index (χ0) is 40.2. The van der Waals surface area contributed by atoms with Crippen LogP contribution >= 0.6 is 0 Å². The van der Waals surface area contributed by atoms with Gasteiger partial charge in [-0.05, 0) is 72.9 Å². The number of pyridine rings is 3. The minimum absolute atomic E-state index is 0.0188. The number of benzene rings is 2. The van der Waals surface area contributed by atoms with Gasteiger partial charge in [0.25, 0.3) is 11.8 Å². The molecule has 13 nitrogen and oxygen atoms in total. The first-order valence-electron chi connectivity index (χ1n) is 19.7. The first kappa shape index (κ1) is 36.3. The highest BCUT2D eigenvalue weighted by Crippen LogP contribution is 2.35. The van der Waals surface area contributed by atoms with Crippen LogP contribution in [0, 0.1) is 11.8 Å². The van der Waals surface area contributed by atoms with Crippen LogP contribution in [-0.2, 0) is 16.6 Å². The normalized spacial score (nSPS) is 20.2. The maximum absolute atomic E-state index is 13.2. The van der Waals surface area contributed by atoms with Crippen LogP contribution in [0.2, 0.25) is 0 Å². The zero-order valence-electron chi connectivity index (χ0n) is 32.3. The Morgan fingerprint density at radius 2 is 1.64 bits per heavy atom. The number of hydrogen-bond acceptors (Lipinski definition) is 10. The average Bonchev–Trinajstić information content (AvgIpc) is 3.64. The number of ether oxygens (including phenoxy) is 3. The maximum Gasteiger partial charge on any atom is 0.262 e. The summed E-state index contributed by atoms with van der Waals surface area (Å²) in [5.74, 6) is 6.10. The molecule has 1 saturated carbocycles. The molecule has 59 heavy (non-hydrogen) atoms. The SMILES string of the molecule is C=C1CCC(N2C(=O)c3ccc(N4CC(OCC#Cc5ccc(OC6CC(Oc7ccc(-c8ccc9c%10cnccc%10n(C)c9c8)cn7)C6)cn5)C4)cc3C2=O)C(=O)N1. The van der Waals surface area contributed by atoms with E-state index in [0.29, 0.717) is 60.1 Å². The number of hydrogen-bond donors (Lipinski definition) is 1. The molecule has 3 amide bonds. The molecule has 1 unspecified atom stereocenters. The third-order valence-electron chi connectivity index (χ3n) is 11.6. The molecule has 1 aliphatic carbocycles. The summed E-state index contributed by atoms with van der Waals surface area (Å²) < 4.78 is 20.4. The monoisotopic (exact) mass is 785 g/mol. The molecule has 0 bridgehead atoms. The van der Waals surface area contributed by atoms with E-state index in [0.717, 1.165) is 51.0 Å². The van der Waals surface area contributed by atoms with E-state index in [1.807, 2.05) is 55.0 Å². The lowest BCUT2D eigenvalue weighted by Gasteiger charge is -2.40. The molecule has 3 fully saturated rings. The number of fused-ring (bicyclic) bond motifs is 4. The van der Waals surface area contributed by atoms with Gasteiger partial charge in [0, 0.05) is 90.9 Å². The zero-order valence-corrected chi connectivity index (χ0v) is 32.3. The number of anilines is 1. The van der Waals surface area contributed by atoms with Gasteiger partial charge in [-0.2, -0.15) is 0 Å². The van der Waals surface area contributed by atoms with Crippen molar-refractivity contribution in [3.63, 3.8) is 0 Å². The van der Waals surface area contributed by atoms with Crippen LogP contribution in [0.4, 0.5) is 5.69 Å². The number of imide groups is 1. The third kappa shape index (κ3) is 6.81. The molecular formula is C46H39N7O6. The lowest BCUT2D eigenvalue weighted by atomic mass is 9.92. The molecule has 1 atom stereocenters. The molecule has 0 spiro atoms. The van der Waals surface area contributed by atoms with Crippen molar-refractivity contribution < 1.29 is 28.6 Å². The van der Waals surface area contributed by atoms with E-state index in [2.05, 4.69) is 73.4 Å². The Balaban J connectivity index is 0.653. The number of nitrogens with zero attached hydrogens (tertiary/aromatic N) is 6. The van der Waals surface area contributed by atoms with Gasteiger partial charge in [-0.15, -0.1) is 0 Å². The second kappa shape index (κ2) is 14.7. The fourth-order valence-electron chi connectivity index (χ4n) is 8.23. The van der Waals surface area contributed by atoms with E-state index in [9.17, 15) is 14.4 Å². The topological polar surface area (TPSA) is 141 Å². The standard InChI is InChI=1S/C46H39N7O6/c1-27-5-13-41(44(54)50-27)53-45(55)37-12-9-31(19-38(37)46(53)56)52-25-35(26-52)57-17-3-4-30-8-10-32(23-48-30)58-33-20-34(21-33)59-43-14-7-29(22-49-43)28-6-11-36-39-24-47-16-15-40(39)51(2)42(36)18-28/h6-12,14-16,18-19,22-24,33-35,41H,1,5,13,17,20-21,25-26H2,2H3,(H,50,54). The number of allylic oxidation sites excluding steroid dienone is 1. The van der Waals surface area contributed by atoms with Crippen molar-refractivity contribution in [2.45, 2.75) is 50.0 Å². The van der Waals surface area contributed by atoms with Gasteiger partial charge in [-0.25, -0.2) is 9.97 Å². The van der Waals surface area contributed by atoms with E-state index in [1.54, 1.807) is 18.3 Å². The van der Waals surface area contributed by atoms with E-state index in [1.165, 1.54) is 5.39 Å². The molecule has 13 heteroatoms. The Morgan fingerprint density at radius 3 is 2.44 bits per heavy atom. The van der Waals surface area contributed by atoms with Crippen LogP contribution in [0.1, 0.15) is 52.1 Å². The molecule has 2 saturated heterocycles. The second-order valence-corrected chi connectivity index (χ2v) is 15.4. The van der Waals surface area contributed by atoms with Gasteiger partial charge >= 0.3 is 0 Å². The largest absolute Gasteiger partial charge is 0.489 e. The summed E-state index contributed by atoms with van der Waals surface area (Å²) in [6, 6.07) is 20.6. The quantitative estimate of drug-likeness (QED) is 0.141. The van der Waals surface area contributed by atoms with Crippen molar-refractivity contribution in [3.8, 4) is 34.6 Å². The average molecular weight is 786 g/mol. The van der Waals surface area contributed by atoms with Gasteiger partial charge in [0.1, 0.15) is 36.3 Å². The molecule has 7 heterocycles. The summed E-state index contributed by atoms with van der Waals surface area (Å²) in [5, 5.41) is 4.99. The van der Waals surface area contributed by atoms with Crippen LogP contribution in [0.25, 0.3) is 32.9 Å². The number of aryl methyl sites for hydroxylation is 1. The summed E-state index contributed by atoms with van der Waals surface area (Å²) in [6.45, 7) is 5.28.